The molecule has 118 valence electrons. The van der Waals surface area contributed by atoms with Crippen molar-refractivity contribution in [3.63, 3.8) is 0 Å². The first kappa shape index (κ1) is 15.0. The van der Waals surface area contributed by atoms with Crippen LogP contribution in [0.3, 0.4) is 0 Å². The predicted molar refractivity (Wildman–Crippen MR) is 79.0 cm³/mol. The molecule has 0 unspecified atom stereocenters. The van der Waals surface area contributed by atoms with Gasteiger partial charge in [0.25, 0.3) is 0 Å². The molecule has 0 bridgehead atoms. The molecule has 0 saturated carbocycles. The van der Waals surface area contributed by atoms with Gasteiger partial charge in [0.2, 0.25) is 11.8 Å². The Hall–Kier alpha value is -1.95. The summed E-state index contributed by atoms with van der Waals surface area (Å²) in [6, 6.07) is 4.00. The number of fused-ring (bicyclic) bond motifs is 1. The number of hydrogen-bond donors (Lipinski definition) is 2. The molecular formula is C16H19FN2O3. The van der Waals surface area contributed by atoms with Crippen LogP contribution < -0.4 is 10.6 Å². The maximum Gasteiger partial charge on any atom is 0.228 e. The van der Waals surface area contributed by atoms with Gasteiger partial charge >= 0.3 is 0 Å². The topological polar surface area (TPSA) is 67.4 Å². The average Bonchev–Trinajstić information content (AvgIpc) is 3.00. The molecule has 2 N–H and O–H groups in total. The van der Waals surface area contributed by atoms with Crippen molar-refractivity contribution in [1.29, 1.82) is 0 Å². The second-order valence-electron chi connectivity index (χ2n) is 5.89. The lowest BCUT2D eigenvalue weighted by molar-refractivity contribution is -0.127. The van der Waals surface area contributed by atoms with Crippen molar-refractivity contribution >= 4 is 17.5 Å². The van der Waals surface area contributed by atoms with Gasteiger partial charge in [-0.15, -0.1) is 0 Å². The third-order valence-corrected chi connectivity index (χ3v) is 4.26. The first-order chi connectivity index (χ1) is 10.5. The molecule has 0 aromatic heterocycles. The van der Waals surface area contributed by atoms with E-state index in [9.17, 15) is 14.0 Å². The summed E-state index contributed by atoms with van der Waals surface area (Å²) in [5.74, 6) is -1.52. The lowest BCUT2D eigenvalue weighted by Crippen LogP contribution is -2.44. The number of halogens is 1. The van der Waals surface area contributed by atoms with E-state index in [1.807, 2.05) is 6.92 Å². The predicted octanol–water partition coefficient (Wildman–Crippen LogP) is 1.94. The van der Waals surface area contributed by atoms with E-state index in [4.69, 9.17) is 4.74 Å². The Labute approximate surface area is 128 Å². The van der Waals surface area contributed by atoms with Crippen LogP contribution in [0.1, 0.15) is 37.7 Å². The fourth-order valence-electron chi connectivity index (χ4n) is 3.09. The molecule has 2 amide bonds. The SMILES string of the molecule is C[C@H](NC(=O)[C@@H]1CC(=O)Nc2cc(F)ccc21)[C@@H]1CCCO1. The van der Waals surface area contributed by atoms with Gasteiger partial charge in [0.1, 0.15) is 5.82 Å². The summed E-state index contributed by atoms with van der Waals surface area (Å²) < 4.78 is 18.9. The maximum atomic E-state index is 13.3. The lowest BCUT2D eigenvalue weighted by atomic mass is 9.89. The quantitative estimate of drug-likeness (QED) is 0.897. The Balaban J connectivity index is 1.76. The normalized spacial score (nSPS) is 25.3. The Morgan fingerprint density at radius 3 is 3.05 bits per heavy atom. The van der Waals surface area contributed by atoms with Crippen LogP contribution in [0.5, 0.6) is 0 Å². The Bertz CT molecular complexity index is 599. The van der Waals surface area contributed by atoms with E-state index < -0.39 is 11.7 Å². The number of carbonyl (C=O) groups is 2. The van der Waals surface area contributed by atoms with E-state index in [-0.39, 0.29) is 30.4 Å². The minimum Gasteiger partial charge on any atom is -0.376 e. The fraction of sp³-hybridized carbons (Fsp3) is 0.500. The van der Waals surface area contributed by atoms with E-state index >= 15 is 0 Å². The van der Waals surface area contributed by atoms with Crippen LogP contribution in [0.2, 0.25) is 0 Å². The number of benzene rings is 1. The largest absolute Gasteiger partial charge is 0.376 e. The molecular weight excluding hydrogens is 287 g/mol. The highest BCUT2D eigenvalue weighted by molar-refractivity contribution is 6.01. The second-order valence-corrected chi connectivity index (χ2v) is 5.89. The molecule has 2 aliphatic rings. The van der Waals surface area contributed by atoms with Crippen LogP contribution in [0, 0.1) is 5.82 Å². The van der Waals surface area contributed by atoms with Gasteiger partial charge < -0.3 is 15.4 Å². The smallest absolute Gasteiger partial charge is 0.228 e. The molecule has 5 nitrogen and oxygen atoms in total. The third kappa shape index (κ3) is 2.97. The number of amides is 2. The number of carbonyl (C=O) groups excluding carboxylic acids is 2. The first-order valence-corrected chi connectivity index (χ1v) is 7.56. The van der Waals surface area contributed by atoms with E-state index in [0.717, 1.165) is 19.4 Å². The van der Waals surface area contributed by atoms with Gasteiger partial charge in [-0.3, -0.25) is 9.59 Å². The van der Waals surface area contributed by atoms with Gasteiger partial charge in [0, 0.05) is 18.7 Å². The van der Waals surface area contributed by atoms with Crippen molar-refractivity contribution in [3.05, 3.63) is 29.6 Å². The number of ether oxygens (including phenoxy) is 1. The minimum atomic E-state index is -0.590. The molecule has 2 aliphatic heterocycles. The molecule has 6 heteroatoms. The minimum absolute atomic E-state index is 0.0223. The molecule has 1 aromatic carbocycles. The second kappa shape index (κ2) is 6.04. The van der Waals surface area contributed by atoms with Crippen LogP contribution in [0.25, 0.3) is 0 Å². The zero-order chi connectivity index (χ0) is 15.7. The van der Waals surface area contributed by atoms with E-state index in [1.165, 1.54) is 12.1 Å². The van der Waals surface area contributed by atoms with Gasteiger partial charge in [0.15, 0.2) is 0 Å². The molecule has 3 rings (SSSR count). The van der Waals surface area contributed by atoms with E-state index in [2.05, 4.69) is 10.6 Å². The van der Waals surface area contributed by atoms with Gasteiger partial charge in [-0.2, -0.15) is 0 Å². The zero-order valence-electron chi connectivity index (χ0n) is 12.4. The van der Waals surface area contributed by atoms with Crippen molar-refractivity contribution in [2.24, 2.45) is 0 Å². The molecule has 1 saturated heterocycles. The highest BCUT2D eigenvalue weighted by Gasteiger charge is 2.33. The fourth-order valence-corrected chi connectivity index (χ4v) is 3.09. The van der Waals surface area contributed by atoms with Crippen LogP contribution in [0.15, 0.2) is 18.2 Å². The van der Waals surface area contributed by atoms with E-state index in [1.54, 1.807) is 6.07 Å². The lowest BCUT2D eigenvalue weighted by Gasteiger charge is -2.27. The van der Waals surface area contributed by atoms with Crippen LogP contribution >= 0.6 is 0 Å². The maximum absolute atomic E-state index is 13.3. The summed E-state index contributed by atoms with van der Waals surface area (Å²) >= 11 is 0. The monoisotopic (exact) mass is 306 g/mol. The van der Waals surface area contributed by atoms with Crippen molar-refractivity contribution in [2.45, 2.75) is 44.2 Å². The molecule has 3 atom stereocenters. The van der Waals surface area contributed by atoms with Crippen LogP contribution in [-0.2, 0) is 14.3 Å². The summed E-state index contributed by atoms with van der Waals surface area (Å²) in [4.78, 5) is 24.3. The van der Waals surface area contributed by atoms with Crippen molar-refractivity contribution in [1.82, 2.24) is 5.32 Å². The summed E-state index contributed by atoms with van der Waals surface area (Å²) in [5.41, 5.74) is 1.03. The number of hydrogen-bond acceptors (Lipinski definition) is 3. The number of rotatable bonds is 3. The summed E-state index contributed by atoms with van der Waals surface area (Å²) in [5, 5.41) is 5.54. The Morgan fingerprint density at radius 2 is 2.32 bits per heavy atom. The molecule has 22 heavy (non-hydrogen) atoms. The van der Waals surface area contributed by atoms with Crippen LogP contribution in [0.4, 0.5) is 10.1 Å². The standard InChI is InChI=1S/C16H19FN2O3/c1-9(14-3-2-6-22-14)18-16(21)12-8-15(20)19-13-7-10(17)4-5-11(12)13/h4-5,7,9,12,14H,2-3,6,8H2,1H3,(H,18,21)(H,19,20)/t9-,12+,14-/m0/s1. The summed E-state index contributed by atoms with van der Waals surface area (Å²) in [6.45, 7) is 2.63. The highest BCUT2D eigenvalue weighted by Crippen LogP contribution is 2.33. The Kier molecular flexibility index (Phi) is 4.11. The van der Waals surface area contributed by atoms with Crippen molar-refractivity contribution in [3.8, 4) is 0 Å². The molecule has 2 heterocycles. The van der Waals surface area contributed by atoms with Crippen LogP contribution in [-0.4, -0.2) is 30.6 Å². The molecule has 0 aliphatic carbocycles. The summed E-state index contributed by atoms with van der Waals surface area (Å²) in [7, 11) is 0. The van der Waals surface area contributed by atoms with E-state index in [0.29, 0.717) is 11.3 Å². The first-order valence-electron chi connectivity index (χ1n) is 7.56. The van der Waals surface area contributed by atoms with Gasteiger partial charge in [0.05, 0.1) is 18.1 Å². The molecule has 0 spiro atoms. The van der Waals surface area contributed by atoms with Gasteiger partial charge in [-0.1, -0.05) is 6.07 Å². The average molecular weight is 306 g/mol. The third-order valence-electron chi connectivity index (χ3n) is 4.26. The van der Waals surface area contributed by atoms with Crippen molar-refractivity contribution in [2.75, 3.05) is 11.9 Å². The van der Waals surface area contributed by atoms with Gasteiger partial charge in [-0.25, -0.2) is 4.39 Å². The number of anilines is 1. The van der Waals surface area contributed by atoms with Crippen molar-refractivity contribution < 1.29 is 18.7 Å². The molecule has 1 aromatic rings. The Morgan fingerprint density at radius 1 is 1.50 bits per heavy atom. The summed E-state index contributed by atoms with van der Waals surface area (Å²) in [6.07, 6.45) is 2.02. The van der Waals surface area contributed by atoms with Gasteiger partial charge in [-0.05, 0) is 37.5 Å². The highest BCUT2D eigenvalue weighted by atomic mass is 19.1. The molecule has 1 fully saturated rings. The number of nitrogens with one attached hydrogen (secondary N) is 2. The molecule has 0 radical (unpaired) electrons. The zero-order valence-corrected chi connectivity index (χ0v) is 12.4.